The number of hydrogen-bond acceptors (Lipinski definition) is 3. The molecule has 52 heavy (non-hydrogen) atoms. The lowest BCUT2D eigenvalue weighted by molar-refractivity contribution is 0.589. The second-order valence-electron chi connectivity index (χ2n) is 15.0. The molecule has 0 radical (unpaired) electrons. The van der Waals surface area contributed by atoms with E-state index in [0.717, 1.165) is 28.3 Å². The first-order chi connectivity index (χ1) is 25.3. The van der Waals surface area contributed by atoms with Gasteiger partial charge in [0, 0.05) is 51.5 Å². The summed E-state index contributed by atoms with van der Waals surface area (Å²) in [7, 11) is 0. The van der Waals surface area contributed by atoms with Crippen molar-refractivity contribution in [1.29, 1.82) is 0 Å². The largest absolute Gasteiger partial charge is 0.315 e. The summed E-state index contributed by atoms with van der Waals surface area (Å²) in [5, 5.41) is 0. The number of pyridine rings is 1. The topological polar surface area (TPSA) is 19.4 Å². The van der Waals surface area contributed by atoms with Gasteiger partial charge in [-0.1, -0.05) is 129 Å². The minimum atomic E-state index is -0.214. The Kier molecular flexibility index (Phi) is 7.48. The van der Waals surface area contributed by atoms with Crippen molar-refractivity contribution in [1.82, 2.24) is 4.98 Å². The Morgan fingerprint density at radius 3 is 1.85 bits per heavy atom. The lowest BCUT2D eigenvalue weighted by Gasteiger charge is -2.45. The van der Waals surface area contributed by atoms with Crippen molar-refractivity contribution in [3.05, 3.63) is 193 Å². The summed E-state index contributed by atoms with van der Waals surface area (Å²) >= 11 is 0. The van der Waals surface area contributed by atoms with Gasteiger partial charge in [0.1, 0.15) is 0 Å². The molecular weight excluding hydrogens is 631 g/mol. The lowest BCUT2D eigenvalue weighted by atomic mass is 9.70. The third-order valence-corrected chi connectivity index (χ3v) is 10.9. The highest BCUT2D eigenvalue weighted by Crippen LogP contribution is 2.55. The van der Waals surface area contributed by atoms with E-state index in [0.29, 0.717) is 0 Å². The third kappa shape index (κ3) is 5.24. The first-order valence-corrected chi connectivity index (χ1v) is 18.1. The summed E-state index contributed by atoms with van der Waals surface area (Å²) in [5.74, 6) is 0. The van der Waals surface area contributed by atoms with Crippen molar-refractivity contribution in [2.24, 2.45) is 0 Å². The Morgan fingerprint density at radius 2 is 1.10 bits per heavy atom. The van der Waals surface area contributed by atoms with E-state index in [4.69, 9.17) is 4.98 Å². The Hall–Kier alpha value is -6.19. The van der Waals surface area contributed by atoms with Crippen LogP contribution in [-0.2, 0) is 10.8 Å². The lowest BCUT2D eigenvalue weighted by Crippen LogP contribution is -2.36. The van der Waals surface area contributed by atoms with Gasteiger partial charge in [0.05, 0.1) is 11.4 Å². The van der Waals surface area contributed by atoms with Gasteiger partial charge in [-0.25, -0.2) is 0 Å². The van der Waals surface area contributed by atoms with Gasteiger partial charge in [0.2, 0.25) is 0 Å². The fourth-order valence-corrected chi connectivity index (χ4v) is 8.17. The van der Waals surface area contributed by atoms with E-state index >= 15 is 0 Å². The van der Waals surface area contributed by atoms with Crippen molar-refractivity contribution in [3.63, 3.8) is 0 Å². The molecule has 9 rings (SSSR count). The van der Waals surface area contributed by atoms with Crippen LogP contribution in [0.25, 0.3) is 33.4 Å². The maximum atomic E-state index is 5.24. The predicted molar refractivity (Wildman–Crippen MR) is 218 cm³/mol. The highest BCUT2D eigenvalue weighted by Gasteiger charge is 2.43. The van der Waals surface area contributed by atoms with Crippen molar-refractivity contribution < 1.29 is 0 Å². The number of benzene rings is 6. The zero-order valence-corrected chi connectivity index (χ0v) is 30.1. The Morgan fingerprint density at radius 1 is 0.519 bits per heavy atom. The van der Waals surface area contributed by atoms with Crippen molar-refractivity contribution in [2.75, 3.05) is 9.80 Å². The average Bonchev–Trinajstić information content (AvgIpc) is 3.19. The summed E-state index contributed by atoms with van der Waals surface area (Å²) < 4.78 is 0. The molecule has 3 heterocycles. The quantitative estimate of drug-likeness (QED) is 0.175. The number of hydrogen-bond donors (Lipinski definition) is 0. The van der Waals surface area contributed by atoms with E-state index in [1.54, 1.807) is 0 Å². The monoisotopic (exact) mass is 671 g/mol. The molecule has 252 valence electrons. The Balaban J connectivity index is 1.13. The molecule has 0 unspecified atom stereocenters. The van der Waals surface area contributed by atoms with Crippen molar-refractivity contribution >= 4 is 28.4 Å². The van der Waals surface area contributed by atoms with Gasteiger partial charge in [0.15, 0.2) is 0 Å². The molecule has 2 aliphatic heterocycles. The molecule has 3 nitrogen and oxygen atoms in total. The molecule has 0 fully saturated rings. The van der Waals surface area contributed by atoms with E-state index in [-0.39, 0.29) is 10.8 Å². The van der Waals surface area contributed by atoms with Gasteiger partial charge in [-0.15, -0.1) is 0 Å². The van der Waals surface area contributed by atoms with Gasteiger partial charge in [-0.2, -0.15) is 0 Å². The smallest absolute Gasteiger partial charge is 0.0747 e. The summed E-state index contributed by atoms with van der Waals surface area (Å²) in [6.45, 7) is 9.25. The summed E-state index contributed by atoms with van der Waals surface area (Å²) in [6.07, 6.45) is 6.70. The molecule has 0 aliphatic carbocycles. The van der Waals surface area contributed by atoms with Crippen LogP contribution in [0.15, 0.2) is 176 Å². The predicted octanol–water partition coefficient (Wildman–Crippen LogP) is 13.1. The van der Waals surface area contributed by atoms with Crippen LogP contribution in [0.1, 0.15) is 44.5 Å². The zero-order valence-electron chi connectivity index (χ0n) is 30.1. The number of anilines is 5. The van der Waals surface area contributed by atoms with Crippen LogP contribution >= 0.6 is 0 Å². The number of rotatable bonds is 6. The SMILES string of the molecule is CC1(C)C=CN2c3ccccc3C(C)(C)c3ncc(-c4ccc(N(c5ccccc5)c5cccc(-c6cccc(-c7ccccc7)c6)c5)cc4)c1c32. The summed E-state index contributed by atoms with van der Waals surface area (Å²) in [6, 6.07) is 56.7. The second kappa shape index (κ2) is 12.2. The standard InChI is InChI=1S/C49H41N3/c1-48(2)29-30-51-44-24-12-11-23-43(44)49(3,4)47-46(51)45(48)42(33-50-47)35-25-27-40(28-26-35)52(39-20-9-6-10-21-39)41-22-14-19-38(32-41)37-18-13-17-36(31-37)34-15-7-5-8-16-34/h5-33H,1-4H3. The molecule has 0 saturated carbocycles. The minimum Gasteiger partial charge on any atom is -0.315 e. The third-order valence-electron chi connectivity index (χ3n) is 10.9. The molecule has 0 atom stereocenters. The number of nitrogens with zero attached hydrogens (tertiary/aromatic N) is 3. The minimum absolute atomic E-state index is 0.172. The van der Waals surface area contributed by atoms with Crippen LogP contribution in [0.3, 0.4) is 0 Å². The van der Waals surface area contributed by atoms with E-state index in [1.165, 1.54) is 50.3 Å². The van der Waals surface area contributed by atoms with Gasteiger partial charge in [-0.3, -0.25) is 4.98 Å². The highest BCUT2D eigenvalue weighted by atomic mass is 15.2. The van der Waals surface area contributed by atoms with Crippen molar-refractivity contribution in [3.8, 4) is 33.4 Å². The summed E-state index contributed by atoms with van der Waals surface area (Å²) in [4.78, 5) is 9.94. The van der Waals surface area contributed by atoms with Crippen LogP contribution in [0.5, 0.6) is 0 Å². The van der Waals surface area contributed by atoms with Crippen LogP contribution < -0.4 is 9.80 Å². The molecule has 0 amide bonds. The zero-order chi connectivity index (χ0) is 35.5. The second-order valence-corrected chi connectivity index (χ2v) is 15.0. The highest BCUT2D eigenvalue weighted by molar-refractivity contribution is 5.89. The first-order valence-electron chi connectivity index (χ1n) is 18.1. The van der Waals surface area contributed by atoms with E-state index in [9.17, 15) is 0 Å². The molecule has 0 bridgehead atoms. The fraction of sp³-hybridized carbons (Fsp3) is 0.122. The molecule has 3 heteroatoms. The Labute approximate surface area is 307 Å². The van der Waals surface area contributed by atoms with Crippen LogP contribution in [-0.4, -0.2) is 4.98 Å². The molecule has 0 spiro atoms. The molecule has 7 aromatic rings. The molecule has 0 saturated heterocycles. The maximum absolute atomic E-state index is 5.24. The summed E-state index contributed by atoms with van der Waals surface area (Å²) in [5.41, 5.74) is 16.3. The van der Waals surface area contributed by atoms with Gasteiger partial charge in [-0.05, 0) is 101 Å². The average molecular weight is 672 g/mol. The molecular formula is C49H41N3. The maximum Gasteiger partial charge on any atom is 0.0747 e. The van der Waals surface area contributed by atoms with E-state index < -0.39 is 0 Å². The normalized spacial score (nSPS) is 14.7. The molecule has 2 aliphatic rings. The number of para-hydroxylation sites is 2. The molecule has 0 N–H and O–H groups in total. The number of aromatic nitrogens is 1. The number of fused-ring (bicyclic) bond motifs is 2. The van der Waals surface area contributed by atoms with Gasteiger partial charge < -0.3 is 9.80 Å². The molecule has 1 aromatic heterocycles. The Bertz CT molecular complexity index is 2460. The van der Waals surface area contributed by atoms with Crippen LogP contribution in [0.2, 0.25) is 0 Å². The molecule has 6 aromatic carbocycles. The van der Waals surface area contributed by atoms with Crippen molar-refractivity contribution in [2.45, 2.75) is 38.5 Å². The van der Waals surface area contributed by atoms with E-state index in [1.807, 2.05) is 0 Å². The van der Waals surface area contributed by atoms with Crippen LogP contribution in [0.4, 0.5) is 28.4 Å². The van der Waals surface area contributed by atoms with Gasteiger partial charge >= 0.3 is 0 Å². The fourth-order valence-electron chi connectivity index (χ4n) is 8.17. The number of allylic oxidation sites excluding steroid dienone is 1. The van der Waals surface area contributed by atoms with Crippen LogP contribution in [0, 0.1) is 0 Å². The van der Waals surface area contributed by atoms with E-state index in [2.05, 4.69) is 214 Å². The first kappa shape index (κ1) is 31.8. The van der Waals surface area contributed by atoms with Gasteiger partial charge in [0.25, 0.3) is 0 Å².